The zero-order valence-electron chi connectivity index (χ0n) is 26.2. The summed E-state index contributed by atoms with van der Waals surface area (Å²) in [5.74, 6) is 1.58. The normalized spacial score (nSPS) is 13.2. The molecule has 0 atom stereocenters. The van der Waals surface area contributed by atoms with Crippen LogP contribution in [0, 0.1) is 26.8 Å². The molecule has 0 amide bonds. The minimum absolute atomic E-state index is 0. The van der Waals surface area contributed by atoms with Crippen LogP contribution in [0.4, 0.5) is 17.2 Å². The van der Waals surface area contributed by atoms with Crippen LogP contribution in [0.2, 0.25) is 0 Å². The minimum Gasteiger partial charge on any atom is -0.506 e. The van der Waals surface area contributed by atoms with Crippen LogP contribution in [-0.4, -0.2) is 22.2 Å². The Morgan fingerprint density at radius 3 is 2.36 bits per heavy atom. The van der Waals surface area contributed by atoms with Gasteiger partial charge in [-0.1, -0.05) is 61.4 Å². The van der Waals surface area contributed by atoms with Crippen LogP contribution in [0.3, 0.4) is 0 Å². The number of anilines is 3. The Balaban J connectivity index is 0.00000357. The summed E-state index contributed by atoms with van der Waals surface area (Å²) in [4.78, 5) is 12.0. The first-order valence-corrected chi connectivity index (χ1v) is 14.8. The van der Waals surface area contributed by atoms with Gasteiger partial charge in [0.05, 0.1) is 7.11 Å². The molecular formula is C39H34N3O2Pt-. The fraction of sp³-hybridized carbons (Fsp3) is 0.179. The number of phenols is 1. The van der Waals surface area contributed by atoms with Crippen molar-refractivity contribution in [1.82, 2.24) is 9.97 Å². The molecule has 0 aliphatic carbocycles. The third kappa shape index (κ3) is 5.00. The van der Waals surface area contributed by atoms with Gasteiger partial charge in [-0.25, -0.2) is 4.98 Å². The smallest absolute Gasteiger partial charge is 0.140 e. The van der Waals surface area contributed by atoms with Gasteiger partial charge >= 0.3 is 0 Å². The van der Waals surface area contributed by atoms with Crippen molar-refractivity contribution >= 4 is 28.1 Å². The van der Waals surface area contributed by atoms with Crippen molar-refractivity contribution in [3.05, 3.63) is 125 Å². The Hall–Kier alpha value is -4.47. The average molecular weight is 772 g/mol. The maximum atomic E-state index is 10.7. The molecule has 7 rings (SSSR count). The van der Waals surface area contributed by atoms with E-state index in [4.69, 9.17) is 14.7 Å². The third-order valence-electron chi connectivity index (χ3n) is 8.86. The molecule has 4 aromatic carbocycles. The van der Waals surface area contributed by atoms with Crippen LogP contribution in [0.15, 0.2) is 91.1 Å². The fourth-order valence-electron chi connectivity index (χ4n) is 6.85. The Morgan fingerprint density at radius 2 is 1.60 bits per heavy atom. The van der Waals surface area contributed by atoms with E-state index in [2.05, 4.69) is 106 Å². The van der Waals surface area contributed by atoms with E-state index < -0.39 is 0 Å². The molecule has 1 aliphatic heterocycles. The van der Waals surface area contributed by atoms with Crippen molar-refractivity contribution in [2.24, 2.45) is 0 Å². The minimum atomic E-state index is -0.272. The van der Waals surface area contributed by atoms with Gasteiger partial charge in [-0.05, 0) is 102 Å². The number of phenolic OH excluding ortho intramolecular Hbond substituents is 1. The summed E-state index contributed by atoms with van der Waals surface area (Å²) in [6, 6.07) is 32.5. The molecule has 0 saturated carbocycles. The molecule has 0 unspecified atom stereocenters. The van der Waals surface area contributed by atoms with E-state index in [0.29, 0.717) is 17.0 Å². The first kappa shape index (κ1) is 30.6. The largest absolute Gasteiger partial charge is 0.506 e. The molecule has 2 aromatic heterocycles. The van der Waals surface area contributed by atoms with E-state index in [0.717, 1.165) is 39.3 Å². The zero-order valence-corrected chi connectivity index (χ0v) is 28.4. The van der Waals surface area contributed by atoms with E-state index in [1.165, 1.54) is 27.8 Å². The van der Waals surface area contributed by atoms with E-state index in [1.807, 2.05) is 18.3 Å². The van der Waals surface area contributed by atoms with Gasteiger partial charge in [0.15, 0.2) is 0 Å². The van der Waals surface area contributed by atoms with Crippen molar-refractivity contribution < 1.29 is 30.9 Å². The van der Waals surface area contributed by atoms with Crippen molar-refractivity contribution in [3.8, 4) is 33.9 Å². The first-order chi connectivity index (χ1) is 21.2. The molecule has 0 radical (unpaired) electrons. The van der Waals surface area contributed by atoms with Crippen molar-refractivity contribution in [2.75, 3.05) is 12.0 Å². The number of nitrogens with zero attached hydrogens (tertiary/aromatic N) is 3. The average Bonchev–Trinajstić information content (AvgIpc) is 3.00. The summed E-state index contributed by atoms with van der Waals surface area (Å²) in [7, 11) is 1.64. The van der Waals surface area contributed by atoms with Crippen LogP contribution in [0.1, 0.15) is 41.7 Å². The van der Waals surface area contributed by atoms with Crippen molar-refractivity contribution in [3.63, 3.8) is 0 Å². The standard InChI is InChI=1S/C39H34N3O2.Pt/c1-23-18-24(2)37(25(3)19-23)27-16-17-40-36(21-27)42-32-12-8-7-11-29(32)39(4,5)30-15-14-26(20-33(30)42)31-22-35(44-6)28-10-9-13-34(43)38(28)41-31;/h7-19,21-22,43H,1-6H3;/q-1;. The predicted molar refractivity (Wildman–Crippen MR) is 178 cm³/mol. The first-order valence-electron chi connectivity index (χ1n) is 14.8. The Morgan fingerprint density at radius 1 is 0.844 bits per heavy atom. The number of methoxy groups -OCH3 is 1. The number of aromatic nitrogens is 2. The number of hydrogen-bond acceptors (Lipinski definition) is 5. The molecule has 6 heteroatoms. The van der Waals surface area contributed by atoms with Crippen LogP contribution in [0.5, 0.6) is 11.5 Å². The summed E-state index contributed by atoms with van der Waals surface area (Å²) in [6.45, 7) is 11.0. The number of pyridine rings is 2. The molecule has 0 fully saturated rings. The molecule has 6 aromatic rings. The van der Waals surface area contributed by atoms with Crippen LogP contribution in [0.25, 0.3) is 33.3 Å². The Kier molecular flexibility index (Phi) is 7.79. The van der Waals surface area contributed by atoms with Gasteiger partial charge in [-0.3, -0.25) is 4.98 Å². The number of benzene rings is 4. The second-order valence-corrected chi connectivity index (χ2v) is 12.2. The van der Waals surface area contributed by atoms with E-state index in [-0.39, 0.29) is 32.2 Å². The molecule has 1 aliphatic rings. The van der Waals surface area contributed by atoms with Gasteiger partial charge < -0.3 is 14.7 Å². The van der Waals surface area contributed by atoms with E-state index in [9.17, 15) is 5.11 Å². The molecule has 5 nitrogen and oxygen atoms in total. The molecule has 0 bridgehead atoms. The molecule has 3 heterocycles. The van der Waals surface area contributed by atoms with Gasteiger partial charge in [0.2, 0.25) is 0 Å². The van der Waals surface area contributed by atoms with E-state index in [1.54, 1.807) is 19.2 Å². The van der Waals surface area contributed by atoms with Crippen molar-refractivity contribution in [2.45, 2.75) is 40.0 Å². The molecule has 0 spiro atoms. The summed E-state index contributed by atoms with van der Waals surface area (Å²) in [5.41, 5.74) is 12.2. The summed E-state index contributed by atoms with van der Waals surface area (Å²) < 4.78 is 5.72. The number of ether oxygens (including phenoxy) is 1. The maximum Gasteiger partial charge on any atom is 0.140 e. The number of aryl methyl sites for hydroxylation is 3. The second kappa shape index (κ2) is 11.5. The summed E-state index contributed by atoms with van der Waals surface area (Å²) in [5, 5.41) is 11.4. The number of fused-ring (bicyclic) bond motifs is 3. The maximum absolute atomic E-state index is 10.7. The number of para-hydroxylation sites is 2. The van der Waals surface area contributed by atoms with Crippen LogP contribution < -0.4 is 9.64 Å². The van der Waals surface area contributed by atoms with Crippen LogP contribution >= 0.6 is 0 Å². The fourth-order valence-corrected chi connectivity index (χ4v) is 6.85. The number of rotatable bonds is 4. The predicted octanol–water partition coefficient (Wildman–Crippen LogP) is 9.51. The Bertz CT molecular complexity index is 2080. The molecule has 0 saturated heterocycles. The zero-order chi connectivity index (χ0) is 30.7. The second-order valence-electron chi connectivity index (χ2n) is 12.2. The molecule has 228 valence electrons. The molecule has 1 N–H and O–H groups in total. The summed E-state index contributed by atoms with van der Waals surface area (Å²) in [6.07, 6.45) is 1.90. The third-order valence-corrected chi connectivity index (χ3v) is 8.86. The monoisotopic (exact) mass is 771 g/mol. The SMILES string of the molecule is COc1cc(-c2[c-]c3c(cc2)C(C)(C)c2ccccc2N3c2cc(-c3c(C)cc(C)cc3C)ccn2)nc2c(O)cccc12.[Pt]. The molecular weight excluding hydrogens is 738 g/mol. The number of hydrogen-bond donors (Lipinski definition) is 1. The Labute approximate surface area is 278 Å². The van der Waals surface area contributed by atoms with Gasteiger partial charge in [-0.15, -0.1) is 23.8 Å². The quantitative estimate of drug-likeness (QED) is 0.181. The van der Waals surface area contributed by atoms with Gasteiger partial charge in [-0.2, -0.15) is 0 Å². The van der Waals surface area contributed by atoms with Gasteiger partial charge in [0.25, 0.3) is 0 Å². The number of aromatic hydroxyl groups is 1. The van der Waals surface area contributed by atoms with E-state index >= 15 is 0 Å². The van der Waals surface area contributed by atoms with Gasteiger partial charge in [0.1, 0.15) is 22.8 Å². The van der Waals surface area contributed by atoms with Gasteiger partial charge in [0, 0.05) is 38.3 Å². The molecule has 45 heavy (non-hydrogen) atoms. The topological polar surface area (TPSA) is 58.5 Å². The van der Waals surface area contributed by atoms with Crippen molar-refractivity contribution in [1.29, 1.82) is 0 Å². The van der Waals surface area contributed by atoms with Crippen LogP contribution in [-0.2, 0) is 26.5 Å². The summed E-state index contributed by atoms with van der Waals surface area (Å²) >= 11 is 0.